The van der Waals surface area contributed by atoms with E-state index in [1.807, 2.05) is 43.3 Å². The van der Waals surface area contributed by atoms with Crippen LogP contribution >= 0.6 is 0 Å². The van der Waals surface area contributed by atoms with Gasteiger partial charge in [0.1, 0.15) is 0 Å². The Balaban J connectivity index is 1.76. The van der Waals surface area contributed by atoms with Gasteiger partial charge in [-0.3, -0.25) is 4.79 Å². The molecule has 7 heteroatoms. The average Bonchev–Trinajstić information content (AvgIpc) is 2.73. The predicted molar refractivity (Wildman–Crippen MR) is 129 cm³/mol. The zero-order valence-corrected chi connectivity index (χ0v) is 19.7. The van der Waals surface area contributed by atoms with Crippen LogP contribution in [0.5, 0.6) is 0 Å². The van der Waals surface area contributed by atoms with Gasteiger partial charge in [0.2, 0.25) is 15.9 Å². The maximum atomic E-state index is 12.9. The smallest absolute Gasteiger partial charge is 0.246 e. The third-order valence-corrected chi connectivity index (χ3v) is 6.72. The second kappa shape index (κ2) is 11.9. The summed E-state index contributed by atoms with van der Waals surface area (Å²) in [5.41, 5.74) is 1.53. The number of benzene rings is 2. The number of hydrogen-bond donors (Lipinski definition) is 2. The molecule has 0 saturated heterocycles. The van der Waals surface area contributed by atoms with E-state index in [0.29, 0.717) is 23.6 Å². The summed E-state index contributed by atoms with van der Waals surface area (Å²) in [7, 11) is 0.337. The van der Waals surface area contributed by atoms with Crippen LogP contribution in [0.4, 0.5) is 5.69 Å². The molecule has 0 fully saturated rings. The molecule has 2 rings (SSSR count). The molecule has 31 heavy (non-hydrogen) atoms. The molecule has 170 valence electrons. The van der Waals surface area contributed by atoms with Crippen LogP contribution in [0.15, 0.2) is 53.4 Å². The van der Waals surface area contributed by atoms with Crippen LogP contribution in [-0.4, -0.2) is 41.5 Å². The summed E-state index contributed by atoms with van der Waals surface area (Å²) in [4.78, 5) is 13.7. The molecule has 0 atom stereocenters. The SMILES string of the molecule is C=C(C)C(=O)NCCCCCCCCNS(=O)(=O)c1cccc2c(N(C)C)cccc12. The Kier molecular flexibility index (Phi) is 9.52. The minimum Gasteiger partial charge on any atom is -0.377 e. The number of rotatable bonds is 13. The van der Waals surface area contributed by atoms with Crippen LogP contribution < -0.4 is 14.9 Å². The zero-order valence-electron chi connectivity index (χ0n) is 18.9. The molecular formula is C24H35N3O3S. The van der Waals surface area contributed by atoms with Gasteiger partial charge in [0.05, 0.1) is 4.90 Å². The topological polar surface area (TPSA) is 78.5 Å². The maximum Gasteiger partial charge on any atom is 0.246 e. The van der Waals surface area contributed by atoms with Gasteiger partial charge in [-0.05, 0) is 31.9 Å². The summed E-state index contributed by atoms with van der Waals surface area (Å²) in [6.07, 6.45) is 5.90. The number of nitrogens with one attached hydrogen (secondary N) is 2. The molecule has 0 aliphatic heterocycles. The highest BCUT2D eigenvalue weighted by molar-refractivity contribution is 7.89. The Bertz CT molecular complexity index is 1000. The molecule has 0 aliphatic rings. The molecule has 0 heterocycles. The van der Waals surface area contributed by atoms with Crippen molar-refractivity contribution in [1.29, 1.82) is 0 Å². The Hall–Kier alpha value is -2.38. The van der Waals surface area contributed by atoms with E-state index in [1.165, 1.54) is 0 Å². The van der Waals surface area contributed by atoms with Crippen molar-refractivity contribution in [2.24, 2.45) is 0 Å². The third kappa shape index (κ3) is 7.36. The minimum atomic E-state index is -3.57. The van der Waals surface area contributed by atoms with E-state index < -0.39 is 10.0 Å². The van der Waals surface area contributed by atoms with Gasteiger partial charge in [-0.2, -0.15) is 0 Å². The standard InChI is InChI=1S/C24H35N3O3S/c1-19(2)24(28)25-17-9-7-5-6-8-10-18-26-31(29,30)23-16-12-13-20-21(23)14-11-15-22(20)27(3)4/h11-16,26H,1,5-10,17-18H2,2-4H3,(H,25,28). The maximum absolute atomic E-state index is 12.9. The lowest BCUT2D eigenvalue weighted by Gasteiger charge is -2.17. The van der Waals surface area contributed by atoms with E-state index in [2.05, 4.69) is 16.6 Å². The van der Waals surface area contributed by atoms with Crippen molar-refractivity contribution < 1.29 is 13.2 Å². The van der Waals surface area contributed by atoms with Crippen molar-refractivity contribution in [1.82, 2.24) is 10.0 Å². The third-order valence-electron chi connectivity index (χ3n) is 5.20. The number of carbonyl (C=O) groups excluding carboxylic acids is 1. The zero-order chi connectivity index (χ0) is 22.9. The van der Waals surface area contributed by atoms with Gasteiger partial charge < -0.3 is 10.2 Å². The van der Waals surface area contributed by atoms with E-state index in [0.717, 1.165) is 55.0 Å². The van der Waals surface area contributed by atoms with E-state index >= 15 is 0 Å². The fourth-order valence-corrected chi connectivity index (χ4v) is 4.78. The van der Waals surface area contributed by atoms with Gasteiger partial charge in [-0.1, -0.05) is 56.5 Å². The number of nitrogens with zero attached hydrogens (tertiary/aromatic N) is 1. The molecule has 0 aliphatic carbocycles. The number of anilines is 1. The lowest BCUT2D eigenvalue weighted by atomic mass is 10.1. The molecule has 0 bridgehead atoms. The highest BCUT2D eigenvalue weighted by Crippen LogP contribution is 2.30. The number of unbranched alkanes of at least 4 members (excludes halogenated alkanes) is 5. The average molecular weight is 446 g/mol. The fraction of sp³-hybridized carbons (Fsp3) is 0.458. The largest absolute Gasteiger partial charge is 0.377 e. The van der Waals surface area contributed by atoms with Crippen molar-refractivity contribution in [3.63, 3.8) is 0 Å². The molecular weight excluding hydrogens is 410 g/mol. The second-order valence-electron chi connectivity index (χ2n) is 8.08. The number of carbonyl (C=O) groups is 1. The highest BCUT2D eigenvalue weighted by Gasteiger charge is 2.17. The summed E-state index contributed by atoms with van der Waals surface area (Å²) in [5, 5.41) is 4.49. The fourth-order valence-electron chi connectivity index (χ4n) is 3.48. The molecule has 2 N–H and O–H groups in total. The number of hydrogen-bond acceptors (Lipinski definition) is 4. The van der Waals surface area contributed by atoms with E-state index in [9.17, 15) is 13.2 Å². The molecule has 0 radical (unpaired) electrons. The normalized spacial score (nSPS) is 11.5. The van der Waals surface area contributed by atoms with E-state index in [4.69, 9.17) is 0 Å². The van der Waals surface area contributed by atoms with E-state index in [1.54, 1.807) is 19.1 Å². The molecule has 0 aromatic heterocycles. The first kappa shape index (κ1) is 24.9. The van der Waals surface area contributed by atoms with Crippen molar-refractivity contribution in [3.8, 4) is 0 Å². The summed E-state index contributed by atoms with van der Waals surface area (Å²) < 4.78 is 28.5. The van der Waals surface area contributed by atoms with Crippen LogP contribution in [0.3, 0.4) is 0 Å². The van der Waals surface area contributed by atoms with E-state index in [-0.39, 0.29) is 5.91 Å². The van der Waals surface area contributed by atoms with Gasteiger partial charge in [-0.15, -0.1) is 0 Å². The van der Waals surface area contributed by atoms with Crippen LogP contribution in [0.25, 0.3) is 10.8 Å². The number of amides is 1. The first-order chi connectivity index (χ1) is 14.7. The van der Waals surface area contributed by atoms with Crippen LogP contribution in [0, 0.1) is 0 Å². The van der Waals surface area contributed by atoms with Crippen LogP contribution in [0.2, 0.25) is 0 Å². The molecule has 2 aromatic rings. The number of sulfonamides is 1. The number of fused-ring (bicyclic) bond motifs is 1. The Morgan fingerprint density at radius 2 is 1.48 bits per heavy atom. The molecule has 0 unspecified atom stereocenters. The first-order valence-electron chi connectivity index (χ1n) is 10.9. The molecule has 6 nitrogen and oxygen atoms in total. The summed E-state index contributed by atoms with van der Waals surface area (Å²) in [5.74, 6) is -0.0867. The molecule has 2 aromatic carbocycles. The van der Waals surface area contributed by atoms with Gasteiger partial charge in [0, 0.05) is 49.2 Å². The highest BCUT2D eigenvalue weighted by atomic mass is 32.2. The molecule has 0 saturated carbocycles. The monoisotopic (exact) mass is 445 g/mol. The second-order valence-corrected chi connectivity index (χ2v) is 9.81. The Morgan fingerprint density at radius 3 is 2.13 bits per heavy atom. The lowest BCUT2D eigenvalue weighted by molar-refractivity contribution is -0.117. The lowest BCUT2D eigenvalue weighted by Crippen LogP contribution is -2.25. The first-order valence-corrected chi connectivity index (χ1v) is 12.3. The minimum absolute atomic E-state index is 0.0867. The van der Waals surface area contributed by atoms with Crippen LogP contribution in [0.1, 0.15) is 45.4 Å². The van der Waals surface area contributed by atoms with Crippen molar-refractivity contribution >= 4 is 32.4 Å². The molecule has 1 amide bonds. The van der Waals surface area contributed by atoms with Gasteiger partial charge >= 0.3 is 0 Å². The Labute approximate surface area is 186 Å². The van der Waals surface area contributed by atoms with Crippen LogP contribution in [-0.2, 0) is 14.8 Å². The summed E-state index contributed by atoms with van der Waals surface area (Å²) in [6, 6.07) is 11.1. The summed E-state index contributed by atoms with van der Waals surface area (Å²) >= 11 is 0. The van der Waals surface area contributed by atoms with Gasteiger partial charge in [0.25, 0.3) is 0 Å². The summed E-state index contributed by atoms with van der Waals surface area (Å²) in [6.45, 7) is 6.41. The van der Waals surface area contributed by atoms with Gasteiger partial charge in [-0.25, -0.2) is 13.1 Å². The Morgan fingerprint density at radius 1 is 0.903 bits per heavy atom. The van der Waals surface area contributed by atoms with Gasteiger partial charge in [0.15, 0.2) is 0 Å². The predicted octanol–water partition coefficient (Wildman–Crippen LogP) is 4.22. The molecule has 0 spiro atoms. The quantitative estimate of drug-likeness (QED) is 0.357. The van der Waals surface area contributed by atoms with Crippen molar-refractivity contribution in [2.75, 3.05) is 32.1 Å². The van der Waals surface area contributed by atoms with Crippen molar-refractivity contribution in [2.45, 2.75) is 50.3 Å². The van der Waals surface area contributed by atoms with Crippen molar-refractivity contribution in [3.05, 3.63) is 48.6 Å².